The molecule has 2 aromatic heterocycles. The fraction of sp³-hybridized carbons (Fsp3) is 0.250. The van der Waals surface area contributed by atoms with Crippen LogP contribution in [0, 0.1) is 23.4 Å². The van der Waals surface area contributed by atoms with Crippen LogP contribution >= 0.6 is 0 Å². The van der Waals surface area contributed by atoms with Crippen molar-refractivity contribution in [2.75, 3.05) is 17.2 Å². The lowest BCUT2D eigenvalue weighted by Gasteiger charge is -2.20. The number of hydrogen-bond acceptors (Lipinski definition) is 6. The molecule has 0 bridgehead atoms. The number of aromatic nitrogens is 3. The van der Waals surface area contributed by atoms with Gasteiger partial charge in [0.1, 0.15) is 17.3 Å². The highest BCUT2D eigenvalue weighted by Gasteiger charge is 2.18. The molecule has 0 aliphatic rings. The molecule has 3 aromatic rings. The van der Waals surface area contributed by atoms with E-state index in [4.69, 9.17) is 0 Å². The number of nitrogens with one attached hydrogen (secondary N) is 2. The summed E-state index contributed by atoms with van der Waals surface area (Å²) in [4.78, 5) is 12.8. The minimum atomic E-state index is -1.35. The van der Waals surface area contributed by atoms with Crippen LogP contribution in [0.2, 0.25) is 0 Å². The third-order valence-electron chi connectivity index (χ3n) is 4.27. The molecule has 0 fully saturated rings. The molecular weight excluding hydrogens is 383 g/mol. The normalized spacial score (nSPS) is 12.1. The zero-order valence-electron chi connectivity index (χ0n) is 15.8. The van der Waals surface area contributed by atoms with Gasteiger partial charge in [0.15, 0.2) is 11.6 Å². The summed E-state index contributed by atoms with van der Waals surface area (Å²) in [5, 5.41) is 15.0. The highest BCUT2D eigenvalue weighted by molar-refractivity contribution is 5.66. The van der Waals surface area contributed by atoms with Gasteiger partial charge in [-0.1, -0.05) is 19.9 Å². The number of hydrogen-bond donors (Lipinski definition) is 3. The quantitative estimate of drug-likeness (QED) is 0.515. The first kappa shape index (κ1) is 20.5. The summed E-state index contributed by atoms with van der Waals surface area (Å²) in [6, 6.07) is 7.84. The number of rotatable bonds is 7. The van der Waals surface area contributed by atoms with Crippen LogP contribution in [0.25, 0.3) is 11.4 Å². The topological polar surface area (TPSA) is 83.0 Å². The third kappa shape index (κ3) is 4.80. The molecule has 0 saturated heterocycles. The number of aliphatic hydroxyl groups excluding tert-OH is 1. The van der Waals surface area contributed by atoms with Crippen LogP contribution in [0.5, 0.6) is 0 Å². The summed E-state index contributed by atoms with van der Waals surface area (Å²) in [6.45, 7) is 3.66. The summed E-state index contributed by atoms with van der Waals surface area (Å²) in [5.74, 6) is -3.28. The van der Waals surface area contributed by atoms with Crippen LogP contribution in [0.4, 0.5) is 30.6 Å². The minimum absolute atomic E-state index is 0.0343. The SMILES string of the molecule is CC(C)[C@@H](CO)Nc1nc(Nc2c(F)ccc(F)c2F)cc(-c2ccccn2)n1. The van der Waals surface area contributed by atoms with Crippen molar-refractivity contribution >= 4 is 17.5 Å². The molecule has 0 amide bonds. The first-order valence-corrected chi connectivity index (χ1v) is 8.97. The molecule has 2 heterocycles. The third-order valence-corrected chi connectivity index (χ3v) is 4.27. The summed E-state index contributed by atoms with van der Waals surface area (Å²) in [6.07, 6.45) is 1.58. The number of anilines is 3. The minimum Gasteiger partial charge on any atom is -0.394 e. The van der Waals surface area contributed by atoms with Gasteiger partial charge < -0.3 is 15.7 Å². The van der Waals surface area contributed by atoms with E-state index in [1.54, 1.807) is 24.4 Å². The van der Waals surface area contributed by atoms with Gasteiger partial charge >= 0.3 is 0 Å². The van der Waals surface area contributed by atoms with E-state index in [2.05, 4.69) is 25.6 Å². The Morgan fingerprint density at radius 3 is 2.41 bits per heavy atom. The maximum Gasteiger partial charge on any atom is 0.225 e. The molecular formula is C20H20F3N5O. The Balaban J connectivity index is 2.04. The van der Waals surface area contributed by atoms with E-state index in [0.717, 1.165) is 6.07 Å². The number of aliphatic hydroxyl groups is 1. The van der Waals surface area contributed by atoms with Crippen LogP contribution in [-0.4, -0.2) is 32.7 Å². The summed E-state index contributed by atoms with van der Waals surface area (Å²) in [5.41, 5.74) is 0.221. The molecule has 3 rings (SSSR count). The second-order valence-electron chi connectivity index (χ2n) is 6.70. The van der Waals surface area contributed by atoms with E-state index in [0.29, 0.717) is 17.5 Å². The average molecular weight is 403 g/mol. The molecule has 0 unspecified atom stereocenters. The number of nitrogens with zero attached hydrogens (tertiary/aromatic N) is 3. The monoisotopic (exact) mass is 403 g/mol. The molecule has 0 saturated carbocycles. The Hall–Kier alpha value is -3.20. The molecule has 152 valence electrons. The largest absolute Gasteiger partial charge is 0.394 e. The van der Waals surface area contributed by atoms with Gasteiger partial charge in [-0.05, 0) is 30.2 Å². The second kappa shape index (κ2) is 8.87. The highest BCUT2D eigenvalue weighted by atomic mass is 19.2. The van der Waals surface area contributed by atoms with E-state index in [1.807, 2.05) is 13.8 Å². The van der Waals surface area contributed by atoms with Gasteiger partial charge in [0.2, 0.25) is 5.95 Å². The van der Waals surface area contributed by atoms with Crippen LogP contribution in [0.1, 0.15) is 13.8 Å². The van der Waals surface area contributed by atoms with Crippen LogP contribution < -0.4 is 10.6 Å². The Labute approximate surface area is 165 Å². The number of pyridine rings is 1. The van der Waals surface area contributed by atoms with E-state index >= 15 is 0 Å². The van der Waals surface area contributed by atoms with Gasteiger partial charge in [0.05, 0.1) is 24.0 Å². The first-order valence-electron chi connectivity index (χ1n) is 8.97. The zero-order chi connectivity index (χ0) is 21.0. The Kier molecular flexibility index (Phi) is 6.28. The number of benzene rings is 1. The lowest BCUT2D eigenvalue weighted by Crippen LogP contribution is -2.30. The summed E-state index contributed by atoms with van der Waals surface area (Å²) < 4.78 is 41.6. The molecule has 0 radical (unpaired) electrons. The van der Waals surface area contributed by atoms with Gasteiger partial charge in [-0.15, -0.1) is 0 Å². The maximum absolute atomic E-state index is 14.1. The van der Waals surface area contributed by atoms with E-state index in [1.165, 1.54) is 6.07 Å². The van der Waals surface area contributed by atoms with Crippen molar-refractivity contribution in [1.82, 2.24) is 15.0 Å². The first-order chi connectivity index (χ1) is 13.9. The van der Waals surface area contributed by atoms with Crippen molar-refractivity contribution in [2.24, 2.45) is 5.92 Å². The van der Waals surface area contributed by atoms with Gasteiger partial charge in [-0.25, -0.2) is 18.2 Å². The fourth-order valence-corrected chi connectivity index (χ4v) is 2.58. The molecule has 29 heavy (non-hydrogen) atoms. The molecule has 0 aliphatic carbocycles. The van der Waals surface area contributed by atoms with Crippen molar-refractivity contribution in [3.63, 3.8) is 0 Å². The Morgan fingerprint density at radius 1 is 1.00 bits per heavy atom. The van der Waals surface area contributed by atoms with E-state index in [-0.39, 0.29) is 30.3 Å². The molecule has 3 N–H and O–H groups in total. The molecule has 6 nitrogen and oxygen atoms in total. The van der Waals surface area contributed by atoms with E-state index < -0.39 is 23.1 Å². The standard InChI is InChI=1S/C20H20F3N5O/c1-11(2)16(10-29)26-20-25-15(14-5-3-4-8-24-14)9-17(28-20)27-19-13(22)7-6-12(21)18(19)23/h3-9,11,16,29H,10H2,1-2H3,(H2,25,26,27,28)/t16-/m1/s1. The van der Waals surface area contributed by atoms with Crippen LogP contribution in [0.15, 0.2) is 42.6 Å². The lowest BCUT2D eigenvalue weighted by molar-refractivity contribution is 0.248. The van der Waals surface area contributed by atoms with Crippen molar-refractivity contribution in [1.29, 1.82) is 0 Å². The van der Waals surface area contributed by atoms with E-state index in [9.17, 15) is 18.3 Å². The average Bonchev–Trinajstić information content (AvgIpc) is 2.72. The van der Waals surface area contributed by atoms with Crippen molar-refractivity contribution in [3.8, 4) is 11.4 Å². The van der Waals surface area contributed by atoms with Crippen molar-refractivity contribution in [3.05, 3.63) is 60.0 Å². The highest BCUT2D eigenvalue weighted by Crippen LogP contribution is 2.27. The predicted molar refractivity (Wildman–Crippen MR) is 104 cm³/mol. The van der Waals surface area contributed by atoms with Crippen LogP contribution in [-0.2, 0) is 0 Å². The molecule has 1 atom stereocenters. The Bertz CT molecular complexity index is 985. The van der Waals surface area contributed by atoms with Gasteiger partial charge in [-0.3, -0.25) is 4.98 Å². The maximum atomic E-state index is 14.1. The second-order valence-corrected chi connectivity index (χ2v) is 6.70. The summed E-state index contributed by atoms with van der Waals surface area (Å²) in [7, 11) is 0. The predicted octanol–water partition coefficient (Wildman–Crippen LogP) is 4.13. The van der Waals surface area contributed by atoms with Gasteiger partial charge in [-0.2, -0.15) is 4.98 Å². The smallest absolute Gasteiger partial charge is 0.225 e. The Morgan fingerprint density at radius 2 is 1.76 bits per heavy atom. The number of halogens is 3. The lowest BCUT2D eigenvalue weighted by atomic mass is 10.1. The summed E-state index contributed by atoms with van der Waals surface area (Å²) >= 11 is 0. The van der Waals surface area contributed by atoms with Crippen molar-refractivity contribution < 1.29 is 18.3 Å². The molecule has 9 heteroatoms. The van der Waals surface area contributed by atoms with Gasteiger partial charge in [0.25, 0.3) is 0 Å². The zero-order valence-corrected chi connectivity index (χ0v) is 15.8. The van der Waals surface area contributed by atoms with Crippen LogP contribution in [0.3, 0.4) is 0 Å². The molecule has 0 aliphatic heterocycles. The molecule has 1 aromatic carbocycles. The van der Waals surface area contributed by atoms with Crippen molar-refractivity contribution in [2.45, 2.75) is 19.9 Å². The van der Waals surface area contributed by atoms with Gasteiger partial charge in [0, 0.05) is 12.3 Å². The fourth-order valence-electron chi connectivity index (χ4n) is 2.58. The molecule has 0 spiro atoms.